The predicted molar refractivity (Wildman–Crippen MR) is 68.2 cm³/mol. The summed E-state index contributed by atoms with van der Waals surface area (Å²) in [5.74, 6) is 1.61. The molecule has 0 aromatic carbocycles. The topological polar surface area (TPSA) is 20.2 Å². The first-order valence-electron chi connectivity index (χ1n) is 6.51. The van der Waals surface area contributed by atoms with Crippen LogP contribution in [0.5, 0.6) is 0 Å². The highest BCUT2D eigenvalue weighted by atomic mass is 16.3. The molecule has 16 heavy (non-hydrogen) atoms. The second-order valence-corrected chi connectivity index (χ2v) is 6.06. The first-order valence-corrected chi connectivity index (χ1v) is 6.51. The smallest absolute Gasteiger partial charge is 0.0641 e. The summed E-state index contributed by atoms with van der Waals surface area (Å²) < 4.78 is 0. The molecule has 0 spiro atoms. The highest BCUT2D eigenvalue weighted by Crippen LogP contribution is 2.61. The van der Waals surface area contributed by atoms with Gasteiger partial charge in [-0.3, -0.25) is 0 Å². The van der Waals surface area contributed by atoms with Crippen LogP contribution in [0.15, 0.2) is 23.3 Å². The highest BCUT2D eigenvalue weighted by Gasteiger charge is 2.55. The molecule has 2 rings (SSSR count). The van der Waals surface area contributed by atoms with Gasteiger partial charge in [0.2, 0.25) is 0 Å². The molecule has 90 valence electrons. The molecular formula is C15H24O. The highest BCUT2D eigenvalue weighted by molar-refractivity contribution is 5.20. The molecule has 0 aliphatic heterocycles. The maximum absolute atomic E-state index is 9.28. The maximum atomic E-state index is 9.28. The summed E-state index contributed by atoms with van der Waals surface area (Å²) in [6.07, 6.45) is 9.33. The van der Waals surface area contributed by atoms with Crippen molar-refractivity contribution in [3.05, 3.63) is 23.3 Å². The van der Waals surface area contributed by atoms with Crippen LogP contribution in [-0.4, -0.2) is 11.7 Å². The molecule has 2 aliphatic carbocycles. The van der Waals surface area contributed by atoms with Crippen molar-refractivity contribution in [2.24, 2.45) is 17.3 Å². The third kappa shape index (κ3) is 2.24. The quantitative estimate of drug-likeness (QED) is 0.668. The predicted octanol–water partition coefficient (Wildman–Crippen LogP) is 3.70. The Morgan fingerprint density at radius 1 is 1.38 bits per heavy atom. The van der Waals surface area contributed by atoms with Crippen molar-refractivity contribution >= 4 is 0 Å². The third-order valence-electron chi connectivity index (χ3n) is 4.55. The fraction of sp³-hybridized carbons (Fsp3) is 0.733. The number of hydrogen-bond acceptors (Lipinski definition) is 1. The standard InChI is InChI=1S/C15H24O/c1-11-5-4-6-12(10-16)7-8-13-14(9-11)15(13,2)3/h6,9,13-14,16H,4-5,7-8,10H2,1-3H3/b11-9+,12-6-/t13-,14-/m1/s1. The number of hydrogen-bond donors (Lipinski definition) is 1. The minimum Gasteiger partial charge on any atom is -0.392 e. The number of aliphatic hydroxyl groups is 1. The molecule has 0 unspecified atom stereocenters. The second kappa shape index (κ2) is 4.37. The van der Waals surface area contributed by atoms with E-state index in [1.54, 1.807) is 0 Å². The van der Waals surface area contributed by atoms with Crippen LogP contribution in [-0.2, 0) is 0 Å². The fourth-order valence-electron chi connectivity index (χ4n) is 3.15. The number of aliphatic hydroxyl groups excluding tert-OH is 1. The van der Waals surface area contributed by atoms with Gasteiger partial charge < -0.3 is 5.11 Å². The average molecular weight is 220 g/mol. The van der Waals surface area contributed by atoms with Crippen molar-refractivity contribution < 1.29 is 5.11 Å². The van der Waals surface area contributed by atoms with Gasteiger partial charge in [-0.05, 0) is 55.4 Å². The van der Waals surface area contributed by atoms with Crippen LogP contribution >= 0.6 is 0 Å². The van der Waals surface area contributed by atoms with E-state index in [0.717, 1.165) is 31.1 Å². The first-order chi connectivity index (χ1) is 7.55. The Bertz CT molecular complexity index is 322. The van der Waals surface area contributed by atoms with E-state index >= 15 is 0 Å². The lowest BCUT2D eigenvalue weighted by atomic mass is 10.0. The Morgan fingerprint density at radius 3 is 2.81 bits per heavy atom. The minimum absolute atomic E-state index is 0.251. The Kier molecular flexibility index (Phi) is 3.25. The number of allylic oxidation sites excluding steroid dienone is 3. The van der Waals surface area contributed by atoms with Crippen molar-refractivity contribution in [1.29, 1.82) is 0 Å². The van der Waals surface area contributed by atoms with Crippen molar-refractivity contribution in [2.75, 3.05) is 6.61 Å². The average Bonchev–Trinajstić information content (AvgIpc) is 2.74. The van der Waals surface area contributed by atoms with E-state index in [4.69, 9.17) is 0 Å². The molecule has 0 aromatic rings. The zero-order valence-electron chi connectivity index (χ0n) is 10.8. The monoisotopic (exact) mass is 220 g/mol. The van der Waals surface area contributed by atoms with Gasteiger partial charge in [0.05, 0.1) is 6.61 Å². The molecular weight excluding hydrogens is 196 g/mol. The number of rotatable bonds is 1. The zero-order chi connectivity index (χ0) is 11.8. The SMILES string of the molecule is C/C1=C\[C@@H]2[C@@H](CC/C(CO)=C/CC1)C2(C)C. The molecule has 1 N–H and O–H groups in total. The van der Waals surface area contributed by atoms with Crippen molar-refractivity contribution in [1.82, 2.24) is 0 Å². The molecule has 1 saturated carbocycles. The Labute approximate surface area is 99.3 Å². The third-order valence-corrected chi connectivity index (χ3v) is 4.55. The summed E-state index contributed by atoms with van der Waals surface area (Å²) in [7, 11) is 0. The Hall–Kier alpha value is -0.560. The Morgan fingerprint density at radius 2 is 2.12 bits per heavy atom. The summed E-state index contributed by atoms with van der Waals surface area (Å²) in [6.45, 7) is 7.26. The lowest BCUT2D eigenvalue weighted by Crippen LogP contribution is -1.95. The molecule has 1 heteroatoms. The van der Waals surface area contributed by atoms with E-state index in [1.807, 2.05) is 0 Å². The Balaban J connectivity index is 2.12. The molecule has 0 aromatic heterocycles. The molecule has 0 radical (unpaired) electrons. The van der Waals surface area contributed by atoms with Gasteiger partial charge in [0.1, 0.15) is 0 Å². The van der Waals surface area contributed by atoms with Gasteiger partial charge >= 0.3 is 0 Å². The fourth-order valence-corrected chi connectivity index (χ4v) is 3.15. The van der Waals surface area contributed by atoms with E-state index in [1.165, 1.54) is 17.6 Å². The van der Waals surface area contributed by atoms with Crippen LogP contribution < -0.4 is 0 Å². The van der Waals surface area contributed by atoms with E-state index < -0.39 is 0 Å². The summed E-state index contributed by atoms with van der Waals surface area (Å²) in [6, 6.07) is 0. The van der Waals surface area contributed by atoms with E-state index in [2.05, 4.69) is 32.9 Å². The molecule has 0 heterocycles. The normalized spacial score (nSPS) is 40.0. The van der Waals surface area contributed by atoms with Gasteiger partial charge in [-0.1, -0.05) is 31.6 Å². The van der Waals surface area contributed by atoms with Crippen LogP contribution in [0.3, 0.4) is 0 Å². The van der Waals surface area contributed by atoms with Crippen molar-refractivity contribution in [3.63, 3.8) is 0 Å². The van der Waals surface area contributed by atoms with Crippen LogP contribution in [0.1, 0.15) is 46.5 Å². The van der Waals surface area contributed by atoms with Crippen LogP contribution in [0.4, 0.5) is 0 Å². The van der Waals surface area contributed by atoms with Crippen LogP contribution in [0.2, 0.25) is 0 Å². The largest absolute Gasteiger partial charge is 0.392 e. The van der Waals surface area contributed by atoms with Crippen molar-refractivity contribution in [2.45, 2.75) is 46.5 Å². The molecule has 1 fully saturated rings. The maximum Gasteiger partial charge on any atom is 0.0641 e. The first kappa shape index (κ1) is 11.9. The molecule has 0 bridgehead atoms. The van der Waals surface area contributed by atoms with Gasteiger partial charge in [-0.25, -0.2) is 0 Å². The minimum atomic E-state index is 0.251. The van der Waals surface area contributed by atoms with E-state index in [-0.39, 0.29) is 6.61 Å². The van der Waals surface area contributed by atoms with E-state index in [9.17, 15) is 5.11 Å². The van der Waals surface area contributed by atoms with Gasteiger partial charge in [-0.15, -0.1) is 0 Å². The van der Waals surface area contributed by atoms with Crippen molar-refractivity contribution in [3.8, 4) is 0 Å². The molecule has 2 aliphatic rings. The van der Waals surface area contributed by atoms with Gasteiger partial charge in [0, 0.05) is 0 Å². The summed E-state index contributed by atoms with van der Waals surface area (Å²) in [4.78, 5) is 0. The molecule has 0 saturated heterocycles. The second-order valence-electron chi connectivity index (χ2n) is 6.06. The number of fused-ring (bicyclic) bond motifs is 1. The summed E-state index contributed by atoms with van der Waals surface area (Å²) >= 11 is 0. The van der Waals surface area contributed by atoms with Crippen LogP contribution in [0.25, 0.3) is 0 Å². The molecule has 2 atom stereocenters. The van der Waals surface area contributed by atoms with Gasteiger partial charge in [0.25, 0.3) is 0 Å². The molecule has 1 nitrogen and oxygen atoms in total. The van der Waals surface area contributed by atoms with E-state index in [0.29, 0.717) is 5.41 Å². The van der Waals surface area contributed by atoms with Gasteiger partial charge in [0.15, 0.2) is 0 Å². The zero-order valence-corrected chi connectivity index (χ0v) is 10.8. The summed E-state index contributed by atoms with van der Waals surface area (Å²) in [5, 5.41) is 9.28. The van der Waals surface area contributed by atoms with Gasteiger partial charge in [-0.2, -0.15) is 0 Å². The van der Waals surface area contributed by atoms with Crippen LogP contribution in [0, 0.1) is 17.3 Å². The lowest BCUT2D eigenvalue weighted by Gasteiger charge is -2.07. The lowest BCUT2D eigenvalue weighted by molar-refractivity contribution is 0.323. The summed E-state index contributed by atoms with van der Waals surface area (Å²) in [5.41, 5.74) is 3.26. The molecule has 0 amide bonds.